The molecular weight excluding hydrogens is 348 g/mol. The van der Waals surface area contributed by atoms with Crippen molar-refractivity contribution in [3.63, 3.8) is 0 Å². The fourth-order valence-corrected chi connectivity index (χ4v) is 4.57. The highest BCUT2D eigenvalue weighted by Crippen LogP contribution is 2.57. The second kappa shape index (κ2) is 8.81. The lowest BCUT2D eigenvalue weighted by Crippen LogP contribution is -2.47. The lowest BCUT2D eigenvalue weighted by Gasteiger charge is -2.34. The molecule has 0 aromatic rings. The second-order valence-corrected chi connectivity index (χ2v) is 7.59. The monoisotopic (exact) mass is 378 g/mol. The first-order chi connectivity index (χ1) is 12.8. The molecule has 2 rings (SSSR count). The minimum absolute atomic E-state index is 0.0891. The number of hydrogen-bond acceptors (Lipinski definition) is 6. The van der Waals surface area contributed by atoms with Crippen LogP contribution in [0.15, 0.2) is 11.1 Å². The summed E-state index contributed by atoms with van der Waals surface area (Å²) in [4.78, 5) is 49.5. The van der Waals surface area contributed by atoms with Crippen LogP contribution >= 0.6 is 0 Å². The first kappa shape index (κ1) is 21.3. The zero-order valence-electron chi connectivity index (χ0n) is 16.8. The Morgan fingerprint density at radius 3 is 2.15 bits per heavy atom. The Labute approximate surface area is 160 Å². The van der Waals surface area contributed by atoms with Crippen LogP contribution in [0.1, 0.15) is 66.2 Å². The van der Waals surface area contributed by atoms with Crippen molar-refractivity contribution in [2.75, 3.05) is 13.2 Å². The average Bonchev–Trinajstić information content (AvgIpc) is 2.95. The lowest BCUT2D eigenvalue weighted by atomic mass is 9.69. The SMILES string of the molecule is CCOC(=O)C1(C(=O)OCC)C/C(=C(\C)CCC(C)=O)C2CC(=O)CCC21. The Hall–Kier alpha value is -1.98. The van der Waals surface area contributed by atoms with Crippen molar-refractivity contribution < 1.29 is 28.7 Å². The molecule has 0 saturated heterocycles. The van der Waals surface area contributed by atoms with Crippen LogP contribution in [0, 0.1) is 17.3 Å². The fourth-order valence-electron chi connectivity index (χ4n) is 4.57. The quantitative estimate of drug-likeness (QED) is 0.384. The third kappa shape index (κ3) is 4.14. The summed E-state index contributed by atoms with van der Waals surface area (Å²) >= 11 is 0. The third-order valence-corrected chi connectivity index (χ3v) is 5.90. The highest BCUT2D eigenvalue weighted by atomic mass is 16.6. The normalized spacial score (nSPS) is 25.6. The summed E-state index contributed by atoms with van der Waals surface area (Å²) in [6.45, 7) is 7.25. The van der Waals surface area contributed by atoms with Crippen LogP contribution in [-0.2, 0) is 28.7 Å². The van der Waals surface area contributed by atoms with Gasteiger partial charge in [0, 0.05) is 19.3 Å². The molecule has 0 bridgehead atoms. The molecule has 2 fully saturated rings. The van der Waals surface area contributed by atoms with E-state index in [-0.39, 0.29) is 43.0 Å². The highest BCUT2D eigenvalue weighted by Gasteiger charge is 2.63. The highest BCUT2D eigenvalue weighted by molar-refractivity contribution is 6.02. The van der Waals surface area contributed by atoms with Gasteiger partial charge in [-0.1, -0.05) is 11.1 Å². The van der Waals surface area contributed by atoms with Crippen LogP contribution in [0.2, 0.25) is 0 Å². The predicted octanol–water partition coefficient (Wildman–Crippen LogP) is 3.17. The van der Waals surface area contributed by atoms with Crippen LogP contribution in [0.25, 0.3) is 0 Å². The smallest absolute Gasteiger partial charge is 0.324 e. The van der Waals surface area contributed by atoms with Gasteiger partial charge < -0.3 is 14.3 Å². The summed E-state index contributed by atoms with van der Waals surface area (Å²) in [5.41, 5.74) is 0.560. The van der Waals surface area contributed by atoms with Crippen molar-refractivity contribution in [3.05, 3.63) is 11.1 Å². The first-order valence-electron chi connectivity index (χ1n) is 9.81. The molecule has 2 atom stereocenters. The number of esters is 2. The van der Waals surface area contributed by atoms with E-state index in [0.717, 1.165) is 11.1 Å². The van der Waals surface area contributed by atoms with Gasteiger partial charge in [-0.15, -0.1) is 0 Å². The van der Waals surface area contributed by atoms with E-state index in [1.807, 2.05) is 6.92 Å². The van der Waals surface area contributed by atoms with Gasteiger partial charge >= 0.3 is 11.9 Å². The van der Waals surface area contributed by atoms with Crippen LogP contribution < -0.4 is 0 Å². The van der Waals surface area contributed by atoms with Gasteiger partial charge in [0.2, 0.25) is 0 Å². The van der Waals surface area contributed by atoms with E-state index in [1.54, 1.807) is 20.8 Å². The Morgan fingerprint density at radius 1 is 1.04 bits per heavy atom. The van der Waals surface area contributed by atoms with Gasteiger partial charge in [0.05, 0.1) is 13.2 Å². The molecule has 0 spiro atoms. The minimum atomic E-state index is -1.38. The number of hydrogen-bond donors (Lipinski definition) is 0. The summed E-state index contributed by atoms with van der Waals surface area (Å²) in [6, 6.07) is 0. The molecule has 0 aromatic heterocycles. The molecule has 2 aliphatic rings. The average molecular weight is 378 g/mol. The molecule has 2 saturated carbocycles. The Bertz CT molecular complexity index is 642. The van der Waals surface area contributed by atoms with Crippen LogP contribution in [-0.4, -0.2) is 36.7 Å². The Kier molecular flexibility index (Phi) is 6.95. The van der Waals surface area contributed by atoms with E-state index in [9.17, 15) is 19.2 Å². The van der Waals surface area contributed by atoms with Crippen molar-refractivity contribution in [2.45, 2.75) is 66.2 Å². The summed E-state index contributed by atoms with van der Waals surface area (Å²) in [5, 5.41) is 0. The van der Waals surface area contributed by atoms with E-state index in [0.29, 0.717) is 32.1 Å². The molecule has 0 aliphatic heterocycles. The van der Waals surface area contributed by atoms with E-state index < -0.39 is 17.4 Å². The van der Waals surface area contributed by atoms with Crippen LogP contribution in [0.5, 0.6) is 0 Å². The van der Waals surface area contributed by atoms with E-state index in [4.69, 9.17) is 9.47 Å². The third-order valence-electron chi connectivity index (χ3n) is 5.90. The number of allylic oxidation sites excluding steroid dienone is 2. The summed E-state index contributed by atoms with van der Waals surface area (Å²) < 4.78 is 10.6. The summed E-state index contributed by atoms with van der Waals surface area (Å²) in [5.74, 6) is -1.32. The predicted molar refractivity (Wildman–Crippen MR) is 98.8 cm³/mol. The van der Waals surface area contributed by atoms with Gasteiger partial charge in [0.1, 0.15) is 11.6 Å². The van der Waals surface area contributed by atoms with Crippen molar-refractivity contribution >= 4 is 23.5 Å². The van der Waals surface area contributed by atoms with Gasteiger partial charge in [-0.3, -0.25) is 14.4 Å². The van der Waals surface area contributed by atoms with Crippen molar-refractivity contribution in [3.8, 4) is 0 Å². The number of ether oxygens (including phenoxy) is 2. The second-order valence-electron chi connectivity index (χ2n) is 7.59. The van der Waals surface area contributed by atoms with Crippen molar-refractivity contribution in [1.82, 2.24) is 0 Å². The number of rotatable bonds is 7. The maximum atomic E-state index is 13.0. The molecule has 2 aliphatic carbocycles. The zero-order valence-corrected chi connectivity index (χ0v) is 16.8. The molecule has 6 heteroatoms. The number of carbonyl (C=O) groups excluding carboxylic acids is 4. The van der Waals surface area contributed by atoms with Crippen LogP contribution in [0.3, 0.4) is 0 Å². The molecule has 27 heavy (non-hydrogen) atoms. The van der Waals surface area contributed by atoms with Gasteiger partial charge in [-0.2, -0.15) is 0 Å². The van der Waals surface area contributed by atoms with E-state index in [1.165, 1.54) is 0 Å². The molecule has 0 amide bonds. The first-order valence-corrected chi connectivity index (χ1v) is 9.81. The molecule has 0 aromatic carbocycles. The van der Waals surface area contributed by atoms with Crippen molar-refractivity contribution in [2.24, 2.45) is 17.3 Å². The van der Waals surface area contributed by atoms with E-state index >= 15 is 0 Å². The molecule has 0 N–H and O–H groups in total. The van der Waals surface area contributed by atoms with Gasteiger partial charge in [-0.05, 0) is 58.8 Å². The van der Waals surface area contributed by atoms with E-state index in [2.05, 4.69) is 0 Å². The fraction of sp³-hybridized carbons (Fsp3) is 0.714. The maximum absolute atomic E-state index is 13.0. The summed E-state index contributed by atoms with van der Waals surface area (Å²) in [7, 11) is 0. The molecule has 6 nitrogen and oxygen atoms in total. The Morgan fingerprint density at radius 2 is 1.63 bits per heavy atom. The van der Waals surface area contributed by atoms with Crippen LogP contribution in [0.4, 0.5) is 0 Å². The number of ketones is 2. The molecular formula is C21H30O6. The van der Waals surface area contributed by atoms with Gasteiger partial charge in [-0.25, -0.2) is 0 Å². The number of Topliss-reactive ketones (excluding diaryl/α,β-unsaturated/α-hetero) is 2. The lowest BCUT2D eigenvalue weighted by molar-refractivity contribution is -0.177. The standard InChI is InChI=1S/C21H30O6/c1-5-26-19(24)21(20(25)27-6-2)12-17(13(3)7-8-14(4)22)16-11-15(23)9-10-18(16)21/h16,18H,5-12H2,1-4H3/b17-13-. The molecule has 0 heterocycles. The van der Waals surface area contributed by atoms with Crippen molar-refractivity contribution in [1.29, 1.82) is 0 Å². The Balaban J connectivity index is 2.51. The number of fused-ring (bicyclic) bond motifs is 1. The number of carbonyl (C=O) groups is 4. The maximum Gasteiger partial charge on any atom is 0.324 e. The largest absolute Gasteiger partial charge is 0.465 e. The summed E-state index contributed by atoms with van der Waals surface area (Å²) in [6.07, 6.45) is 2.37. The minimum Gasteiger partial charge on any atom is -0.465 e. The molecule has 150 valence electrons. The topological polar surface area (TPSA) is 86.7 Å². The molecule has 0 radical (unpaired) electrons. The van der Waals surface area contributed by atoms with Gasteiger partial charge in [0.15, 0.2) is 5.41 Å². The van der Waals surface area contributed by atoms with Gasteiger partial charge in [0.25, 0.3) is 0 Å². The zero-order chi connectivity index (χ0) is 20.2. The molecule has 2 unspecified atom stereocenters.